The van der Waals surface area contributed by atoms with Gasteiger partial charge in [0, 0.05) is 5.56 Å². The Morgan fingerprint density at radius 2 is 1.95 bits per heavy atom. The fourth-order valence-corrected chi connectivity index (χ4v) is 1.94. The molecule has 0 aliphatic heterocycles. The molecule has 0 saturated heterocycles. The second kappa shape index (κ2) is 6.91. The van der Waals surface area contributed by atoms with Crippen molar-refractivity contribution in [1.82, 2.24) is 0 Å². The molecule has 0 bridgehead atoms. The third-order valence-corrected chi connectivity index (χ3v) is 2.99. The number of hydrogen-bond donors (Lipinski definition) is 1. The summed E-state index contributed by atoms with van der Waals surface area (Å²) in [7, 11) is 1.44. The summed E-state index contributed by atoms with van der Waals surface area (Å²) in [5.74, 6) is 0.550. The Morgan fingerprint density at radius 3 is 2.70 bits per heavy atom. The summed E-state index contributed by atoms with van der Waals surface area (Å²) in [6.07, 6.45) is 0.796. The van der Waals surface area contributed by atoms with Gasteiger partial charge >= 0.3 is 0 Å². The third-order valence-electron chi connectivity index (χ3n) is 2.99. The zero-order valence-electron chi connectivity index (χ0n) is 11.4. The van der Waals surface area contributed by atoms with Gasteiger partial charge in [-0.1, -0.05) is 24.3 Å². The molecule has 0 atom stereocenters. The SMILES string of the molecule is COc1cccc(COc2cccc(CCN)c2)c1F. The lowest BCUT2D eigenvalue weighted by Crippen LogP contribution is -2.03. The van der Waals surface area contributed by atoms with Gasteiger partial charge < -0.3 is 15.2 Å². The van der Waals surface area contributed by atoms with E-state index in [1.807, 2.05) is 24.3 Å². The molecule has 20 heavy (non-hydrogen) atoms. The summed E-state index contributed by atoms with van der Waals surface area (Å²) in [5.41, 5.74) is 7.10. The van der Waals surface area contributed by atoms with Crippen LogP contribution >= 0.6 is 0 Å². The van der Waals surface area contributed by atoms with Crippen LogP contribution in [0.2, 0.25) is 0 Å². The molecule has 0 aliphatic rings. The molecule has 106 valence electrons. The highest BCUT2D eigenvalue weighted by Gasteiger charge is 2.08. The van der Waals surface area contributed by atoms with Crippen LogP contribution in [0.15, 0.2) is 42.5 Å². The molecule has 0 saturated carbocycles. The van der Waals surface area contributed by atoms with Crippen molar-refractivity contribution in [2.45, 2.75) is 13.0 Å². The van der Waals surface area contributed by atoms with Crippen LogP contribution in [-0.4, -0.2) is 13.7 Å². The van der Waals surface area contributed by atoms with E-state index in [1.54, 1.807) is 18.2 Å². The van der Waals surface area contributed by atoms with Crippen LogP contribution in [0.3, 0.4) is 0 Å². The molecule has 0 aliphatic carbocycles. The summed E-state index contributed by atoms with van der Waals surface area (Å²) < 4.78 is 24.5. The van der Waals surface area contributed by atoms with Crippen molar-refractivity contribution in [2.75, 3.05) is 13.7 Å². The van der Waals surface area contributed by atoms with Gasteiger partial charge in [-0.25, -0.2) is 4.39 Å². The van der Waals surface area contributed by atoms with E-state index in [9.17, 15) is 4.39 Å². The minimum Gasteiger partial charge on any atom is -0.494 e. The van der Waals surface area contributed by atoms with Gasteiger partial charge in [-0.3, -0.25) is 0 Å². The number of halogens is 1. The molecule has 0 unspecified atom stereocenters. The number of rotatable bonds is 6. The number of nitrogens with two attached hydrogens (primary N) is 1. The quantitative estimate of drug-likeness (QED) is 0.881. The van der Waals surface area contributed by atoms with E-state index in [4.69, 9.17) is 15.2 Å². The Balaban J connectivity index is 2.07. The van der Waals surface area contributed by atoms with Crippen molar-refractivity contribution < 1.29 is 13.9 Å². The lowest BCUT2D eigenvalue weighted by atomic mass is 10.1. The van der Waals surface area contributed by atoms with Gasteiger partial charge in [0.25, 0.3) is 0 Å². The highest BCUT2D eigenvalue weighted by atomic mass is 19.1. The van der Waals surface area contributed by atoms with E-state index in [0.29, 0.717) is 17.9 Å². The normalized spacial score (nSPS) is 10.3. The van der Waals surface area contributed by atoms with Gasteiger partial charge in [0.1, 0.15) is 12.4 Å². The van der Waals surface area contributed by atoms with Gasteiger partial charge in [-0.05, 0) is 36.7 Å². The first-order valence-corrected chi connectivity index (χ1v) is 6.47. The molecule has 2 aromatic rings. The summed E-state index contributed by atoms with van der Waals surface area (Å²) in [6.45, 7) is 0.753. The fraction of sp³-hybridized carbons (Fsp3) is 0.250. The highest BCUT2D eigenvalue weighted by molar-refractivity contribution is 5.32. The standard InChI is InChI=1S/C16H18FNO2/c1-19-15-7-3-5-13(16(15)17)11-20-14-6-2-4-12(10-14)8-9-18/h2-7,10H,8-9,11,18H2,1H3. The zero-order valence-corrected chi connectivity index (χ0v) is 11.4. The van der Waals surface area contributed by atoms with E-state index in [-0.39, 0.29) is 18.2 Å². The van der Waals surface area contributed by atoms with Gasteiger partial charge in [-0.15, -0.1) is 0 Å². The Morgan fingerprint density at radius 1 is 1.15 bits per heavy atom. The lowest BCUT2D eigenvalue weighted by Gasteiger charge is -2.10. The monoisotopic (exact) mass is 275 g/mol. The molecule has 0 aromatic heterocycles. The van der Waals surface area contributed by atoms with E-state index < -0.39 is 0 Å². The second-order valence-corrected chi connectivity index (χ2v) is 4.41. The van der Waals surface area contributed by atoms with E-state index in [2.05, 4.69) is 0 Å². The number of ether oxygens (including phenoxy) is 2. The van der Waals surface area contributed by atoms with Crippen molar-refractivity contribution in [2.24, 2.45) is 5.73 Å². The maximum Gasteiger partial charge on any atom is 0.171 e. The third kappa shape index (κ3) is 3.48. The van der Waals surface area contributed by atoms with E-state index in [1.165, 1.54) is 7.11 Å². The van der Waals surface area contributed by atoms with Crippen LogP contribution < -0.4 is 15.2 Å². The minimum absolute atomic E-state index is 0.162. The van der Waals surface area contributed by atoms with Crippen LogP contribution in [0.1, 0.15) is 11.1 Å². The molecule has 4 heteroatoms. The van der Waals surface area contributed by atoms with Crippen LogP contribution in [-0.2, 0) is 13.0 Å². The van der Waals surface area contributed by atoms with Gasteiger partial charge in [0.05, 0.1) is 7.11 Å². The summed E-state index contributed by atoms with van der Waals surface area (Å²) in [5, 5.41) is 0. The van der Waals surface area contributed by atoms with Crippen LogP contribution in [0.4, 0.5) is 4.39 Å². The Kier molecular flexibility index (Phi) is 4.96. The van der Waals surface area contributed by atoms with Crippen molar-refractivity contribution in [3.63, 3.8) is 0 Å². The first kappa shape index (κ1) is 14.3. The molecule has 2 N–H and O–H groups in total. The molecule has 0 spiro atoms. The molecule has 3 nitrogen and oxygen atoms in total. The van der Waals surface area contributed by atoms with Gasteiger partial charge in [0.2, 0.25) is 0 Å². The van der Waals surface area contributed by atoms with E-state index in [0.717, 1.165) is 12.0 Å². The predicted octanol–water partition coefficient (Wildman–Crippen LogP) is 2.91. The lowest BCUT2D eigenvalue weighted by molar-refractivity contribution is 0.295. The summed E-state index contributed by atoms with van der Waals surface area (Å²) in [4.78, 5) is 0. The first-order valence-electron chi connectivity index (χ1n) is 6.47. The largest absolute Gasteiger partial charge is 0.494 e. The highest BCUT2D eigenvalue weighted by Crippen LogP contribution is 2.22. The molecular weight excluding hydrogens is 257 g/mol. The average Bonchev–Trinajstić information content (AvgIpc) is 2.47. The summed E-state index contributed by atoms with van der Waals surface area (Å²) in [6, 6.07) is 12.7. The molecule has 0 amide bonds. The molecule has 0 heterocycles. The first-order chi connectivity index (χ1) is 9.74. The average molecular weight is 275 g/mol. The van der Waals surface area contributed by atoms with Gasteiger partial charge in [0.15, 0.2) is 11.6 Å². The van der Waals surface area contributed by atoms with Crippen molar-refractivity contribution in [3.8, 4) is 11.5 Å². The van der Waals surface area contributed by atoms with Gasteiger partial charge in [-0.2, -0.15) is 0 Å². The topological polar surface area (TPSA) is 44.5 Å². The molecule has 2 rings (SSSR count). The Hall–Kier alpha value is -2.07. The van der Waals surface area contributed by atoms with Crippen LogP contribution in [0.25, 0.3) is 0 Å². The Bertz CT molecular complexity index is 572. The molecule has 0 radical (unpaired) electrons. The van der Waals surface area contributed by atoms with Crippen molar-refractivity contribution in [3.05, 3.63) is 59.4 Å². The number of benzene rings is 2. The predicted molar refractivity (Wildman–Crippen MR) is 76.5 cm³/mol. The molecular formula is C16H18FNO2. The second-order valence-electron chi connectivity index (χ2n) is 4.41. The fourth-order valence-electron chi connectivity index (χ4n) is 1.94. The molecule has 2 aromatic carbocycles. The number of hydrogen-bond acceptors (Lipinski definition) is 3. The summed E-state index contributed by atoms with van der Waals surface area (Å²) >= 11 is 0. The smallest absolute Gasteiger partial charge is 0.171 e. The minimum atomic E-state index is -0.381. The zero-order chi connectivity index (χ0) is 14.4. The van der Waals surface area contributed by atoms with Crippen molar-refractivity contribution in [1.29, 1.82) is 0 Å². The Labute approximate surface area is 118 Å². The van der Waals surface area contributed by atoms with E-state index >= 15 is 0 Å². The van der Waals surface area contributed by atoms with Crippen LogP contribution in [0, 0.1) is 5.82 Å². The van der Waals surface area contributed by atoms with Crippen molar-refractivity contribution >= 4 is 0 Å². The number of methoxy groups -OCH3 is 1. The molecule has 0 fully saturated rings. The maximum absolute atomic E-state index is 14.0. The maximum atomic E-state index is 14.0. The van der Waals surface area contributed by atoms with Crippen LogP contribution in [0.5, 0.6) is 11.5 Å².